The molecule has 2 fully saturated rings. The summed E-state index contributed by atoms with van der Waals surface area (Å²) >= 11 is 0. The fourth-order valence-electron chi connectivity index (χ4n) is 3.92. The predicted octanol–water partition coefficient (Wildman–Crippen LogP) is 2.33. The molecule has 2 aliphatic rings. The molecule has 2 unspecified atom stereocenters. The lowest BCUT2D eigenvalue weighted by Gasteiger charge is -2.44. The molecule has 2 heterocycles. The molecule has 21 heavy (non-hydrogen) atoms. The largest absolute Gasteiger partial charge is 0.409 e. The molecule has 1 aromatic rings. The maximum absolute atomic E-state index is 8.77. The molecular formula is C16H24N4O. The van der Waals surface area contributed by atoms with E-state index in [2.05, 4.69) is 15.0 Å². The molecule has 1 saturated carbocycles. The Morgan fingerprint density at radius 3 is 3.00 bits per heavy atom. The van der Waals surface area contributed by atoms with Crippen molar-refractivity contribution < 1.29 is 5.21 Å². The molecule has 5 nitrogen and oxygen atoms in total. The lowest BCUT2D eigenvalue weighted by Crippen LogP contribution is -2.46. The van der Waals surface area contributed by atoms with Crippen molar-refractivity contribution in [3.63, 3.8) is 0 Å². The highest BCUT2D eigenvalue weighted by Gasteiger charge is 2.32. The van der Waals surface area contributed by atoms with Crippen LogP contribution >= 0.6 is 0 Å². The minimum atomic E-state index is 0.0750. The molecule has 5 heteroatoms. The number of oxime groups is 1. The first-order valence-electron chi connectivity index (χ1n) is 7.95. The number of hydrogen-bond donors (Lipinski definition) is 2. The highest BCUT2D eigenvalue weighted by atomic mass is 16.4. The Labute approximate surface area is 125 Å². The molecule has 0 aromatic carbocycles. The van der Waals surface area contributed by atoms with Gasteiger partial charge in [0.25, 0.3) is 0 Å². The third-order valence-corrected chi connectivity index (χ3v) is 4.94. The quantitative estimate of drug-likeness (QED) is 0.387. The molecule has 1 aliphatic heterocycles. The lowest BCUT2D eigenvalue weighted by molar-refractivity contribution is 0.0547. The van der Waals surface area contributed by atoms with Gasteiger partial charge in [0.1, 0.15) is 5.69 Å². The van der Waals surface area contributed by atoms with E-state index in [9.17, 15) is 0 Å². The number of fused-ring (bicyclic) bond motifs is 1. The van der Waals surface area contributed by atoms with Gasteiger partial charge in [-0.1, -0.05) is 18.0 Å². The van der Waals surface area contributed by atoms with E-state index in [0.29, 0.717) is 5.69 Å². The molecule has 0 amide bonds. The highest BCUT2D eigenvalue weighted by molar-refractivity contribution is 5.95. The fraction of sp³-hybridized carbons (Fsp3) is 0.625. The number of nitrogens with two attached hydrogens (primary N) is 1. The number of aromatic nitrogens is 1. The molecule has 1 aromatic heterocycles. The number of likely N-dealkylation sites (tertiary alicyclic amines) is 1. The highest BCUT2D eigenvalue weighted by Crippen LogP contribution is 2.35. The summed E-state index contributed by atoms with van der Waals surface area (Å²) in [4.78, 5) is 6.77. The number of piperidine rings is 1. The van der Waals surface area contributed by atoms with Gasteiger partial charge in [-0.3, -0.25) is 9.88 Å². The molecular weight excluding hydrogens is 264 g/mol. The van der Waals surface area contributed by atoms with Crippen molar-refractivity contribution in [2.75, 3.05) is 6.54 Å². The molecule has 1 aliphatic carbocycles. The zero-order valence-electron chi connectivity index (χ0n) is 12.4. The van der Waals surface area contributed by atoms with E-state index in [1.165, 1.54) is 50.6 Å². The molecule has 0 radical (unpaired) electrons. The van der Waals surface area contributed by atoms with Gasteiger partial charge >= 0.3 is 0 Å². The zero-order chi connectivity index (χ0) is 14.7. The van der Waals surface area contributed by atoms with Gasteiger partial charge in [0.2, 0.25) is 0 Å². The van der Waals surface area contributed by atoms with Gasteiger partial charge in [-0.2, -0.15) is 0 Å². The van der Waals surface area contributed by atoms with Crippen molar-refractivity contribution in [1.29, 1.82) is 0 Å². The van der Waals surface area contributed by atoms with E-state index < -0.39 is 0 Å². The number of hydrogen-bond acceptors (Lipinski definition) is 4. The predicted molar refractivity (Wildman–Crippen MR) is 82.1 cm³/mol. The molecule has 1 saturated heterocycles. The second-order valence-corrected chi connectivity index (χ2v) is 6.26. The Bertz CT molecular complexity index is 515. The molecule has 114 valence electrons. The normalized spacial score (nSPS) is 27.3. The Morgan fingerprint density at radius 1 is 1.33 bits per heavy atom. The zero-order valence-corrected chi connectivity index (χ0v) is 12.4. The minimum absolute atomic E-state index is 0.0750. The minimum Gasteiger partial charge on any atom is -0.409 e. The van der Waals surface area contributed by atoms with Crippen LogP contribution in [0.2, 0.25) is 0 Å². The average Bonchev–Trinajstić information content (AvgIpc) is 2.55. The Morgan fingerprint density at radius 2 is 2.14 bits per heavy atom. The van der Waals surface area contributed by atoms with Gasteiger partial charge in [0.15, 0.2) is 5.84 Å². The van der Waals surface area contributed by atoms with E-state index in [4.69, 9.17) is 10.9 Å². The van der Waals surface area contributed by atoms with E-state index in [1.54, 1.807) is 6.20 Å². The van der Waals surface area contributed by atoms with Crippen LogP contribution in [-0.4, -0.2) is 33.5 Å². The van der Waals surface area contributed by atoms with Crippen LogP contribution in [0.4, 0.5) is 0 Å². The number of pyridine rings is 1. The SMILES string of the molecule is NC(=NO)c1cc(CN2CCCC3CCCCC32)ccn1. The van der Waals surface area contributed by atoms with Gasteiger partial charge in [-0.15, -0.1) is 0 Å². The summed E-state index contributed by atoms with van der Waals surface area (Å²) in [7, 11) is 0. The third kappa shape index (κ3) is 3.18. The summed E-state index contributed by atoms with van der Waals surface area (Å²) in [5, 5.41) is 11.8. The molecule has 2 atom stereocenters. The number of rotatable bonds is 3. The van der Waals surface area contributed by atoms with Crippen molar-refractivity contribution in [3.8, 4) is 0 Å². The van der Waals surface area contributed by atoms with Crippen LogP contribution in [0, 0.1) is 5.92 Å². The van der Waals surface area contributed by atoms with Crippen molar-refractivity contribution >= 4 is 5.84 Å². The standard InChI is InChI=1S/C16H24N4O/c17-16(19-21)14-10-12(7-8-18-14)11-20-9-3-5-13-4-1-2-6-15(13)20/h7-8,10,13,15,21H,1-6,9,11H2,(H2,17,19). The molecule has 0 bridgehead atoms. The van der Waals surface area contributed by atoms with E-state index in [1.807, 2.05) is 12.1 Å². The van der Waals surface area contributed by atoms with E-state index in [0.717, 1.165) is 18.5 Å². The third-order valence-electron chi connectivity index (χ3n) is 4.94. The first-order chi connectivity index (χ1) is 10.3. The van der Waals surface area contributed by atoms with Crippen LogP contribution < -0.4 is 5.73 Å². The summed E-state index contributed by atoms with van der Waals surface area (Å²) in [5.41, 5.74) is 7.37. The van der Waals surface area contributed by atoms with E-state index in [-0.39, 0.29) is 5.84 Å². The first kappa shape index (κ1) is 14.3. The van der Waals surface area contributed by atoms with Crippen molar-refractivity contribution in [3.05, 3.63) is 29.6 Å². The second-order valence-electron chi connectivity index (χ2n) is 6.26. The Balaban J connectivity index is 1.73. The molecule has 3 N–H and O–H groups in total. The summed E-state index contributed by atoms with van der Waals surface area (Å²) in [6, 6.07) is 4.70. The maximum atomic E-state index is 8.77. The summed E-state index contributed by atoms with van der Waals surface area (Å²) in [6.45, 7) is 2.12. The molecule has 3 rings (SSSR count). The monoisotopic (exact) mass is 288 g/mol. The van der Waals surface area contributed by atoms with Crippen LogP contribution in [0.3, 0.4) is 0 Å². The van der Waals surface area contributed by atoms with Gasteiger partial charge in [-0.25, -0.2) is 0 Å². The number of nitrogens with zero attached hydrogens (tertiary/aromatic N) is 3. The summed E-state index contributed by atoms with van der Waals surface area (Å²) in [5.74, 6) is 0.962. The van der Waals surface area contributed by atoms with Crippen LogP contribution in [0.5, 0.6) is 0 Å². The maximum Gasteiger partial charge on any atom is 0.188 e. The van der Waals surface area contributed by atoms with Gasteiger partial charge in [0, 0.05) is 18.8 Å². The van der Waals surface area contributed by atoms with Crippen LogP contribution in [0.15, 0.2) is 23.5 Å². The lowest BCUT2D eigenvalue weighted by atomic mass is 9.78. The topological polar surface area (TPSA) is 74.7 Å². The van der Waals surface area contributed by atoms with Crippen molar-refractivity contribution in [2.24, 2.45) is 16.8 Å². The second kappa shape index (κ2) is 6.43. The first-order valence-corrected chi connectivity index (χ1v) is 7.95. The number of amidine groups is 1. The van der Waals surface area contributed by atoms with E-state index >= 15 is 0 Å². The fourth-order valence-corrected chi connectivity index (χ4v) is 3.92. The van der Waals surface area contributed by atoms with Crippen LogP contribution in [-0.2, 0) is 6.54 Å². The van der Waals surface area contributed by atoms with Gasteiger partial charge in [0.05, 0.1) is 0 Å². The molecule has 0 spiro atoms. The summed E-state index contributed by atoms with van der Waals surface area (Å²) in [6.07, 6.45) is 9.94. The average molecular weight is 288 g/mol. The van der Waals surface area contributed by atoms with Crippen molar-refractivity contribution in [1.82, 2.24) is 9.88 Å². The Kier molecular flexibility index (Phi) is 4.39. The van der Waals surface area contributed by atoms with Crippen LogP contribution in [0.25, 0.3) is 0 Å². The summed E-state index contributed by atoms with van der Waals surface area (Å²) < 4.78 is 0. The smallest absolute Gasteiger partial charge is 0.188 e. The van der Waals surface area contributed by atoms with Crippen LogP contribution in [0.1, 0.15) is 49.8 Å². The van der Waals surface area contributed by atoms with Crippen molar-refractivity contribution in [2.45, 2.75) is 51.1 Å². The van der Waals surface area contributed by atoms with Gasteiger partial charge < -0.3 is 10.9 Å². The Hall–Kier alpha value is -1.62. The van der Waals surface area contributed by atoms with Gasteiger partial charge in [-0.05, 0) is 55.8 Å².